The van der Waals surface area contributed by atoms with Gasteiger partial charge < -0.3 is 11.1 Å². The number of benzene rings is 1. The van der Waals surface area contributed by atoms with E-state index in [1.807, 2.05) is 0 Å². The van der Waals surface area contributed by atoms with Crippen LogP contribution in [0.4, 0.5) is 17.1 Å². The molecule has 0 unspecified atom stereocenters. The van der Waals surface area contributed by atoms with Gasteiger partial charge in [0.2, 0.25) is 5.91 Å². The number of anilines is 2. The number of hydrogen-bond acceptors (Lipinski definition) is 4. The number of carbonyl (C=O) groups is 1. The quantitative estimate of drug-likeness (QED) is 0.389. The first kappa shape index (κ1) is 8.49. The number of nitrogens with zero attached hydrogens (tertiary/aromatic N) is 1. The molecule has 0 aliphatic carbocycles. The fourth-order valence-electron chi connectivity index (χ4n) is 1.44. The van der Waals surface area contributed by atoms with Gasteiger partial charge in [-0.3, -0.25) is 14.9 Å². The first-order valence-electron chi connectivity index (χ1n) is 3.94. The van der Waals surface area contributed by atoms with E-state index in [0.29, 0.717) is 11.3 Å². The molecule has 1 aromatic carbocycles. The zero-order chi connectivity index (χ0) is 10.3. The van der Waals surface area contributed by atoms with Crippen molar-refractivity contribution < 1.29 is 9.72 Å². The molecule has 72 valence electrons. The van der Waals surface area contributed by atoms with Crippen LogP contribution in [0.15, 0.2) is 12.1 Å². The molecule has 6 nitrogen and oxygen atoms in total. The highest BCUT2D eigenvalue weighted by atomic mass is 16.6. The Hall–Kier alpha value is -2.11. The van der Waals surface area contributed by atoms with Crippen molar-refractivity contribution in [1.29, 1.82) is 0 Å². The third-order valence-corrected chi connectivity index (χ3v) is 2.07. The number of rotatable bonds is 1. The second kappa shape index (κ2) is 2.69. The van der Waals surface area contributed by atoms with E-state index < -0.39 is 4.92 Å². The van der Waals surface area contributed by atoms with Gasteiger partial charge in [0.25, 0.3) is 5.69 Å². The SMILES string of the molecule is Nc1cc2c(cc1[N+](=O)[O-])CC(=O)N2. The predicted molar refractivity (Wildman–Crippen MR) is 49.8 cm³/mol. The van der Waals surface area contributed by atoms with Gasteiger partial charge in [0.1, 0.15) is 5.69 Å². The lowest BCUT2D eigenvalue weighted by Gasteiger charge is -2.00. The molecule has 1 aliphatic heterocycles. The summed E-state index contributed by atoms with van der Waals surface area (Å²) in [5.41, 5.74) is 6.55. The van der Waals surface area contributed by atoms with Gasteiger partial charge in [0.15, 0.2) is 0 Å². The third kappa shape index (κ3) is 1.17. The first-order valence-corrected chi connectivity index (χ1v) is 3.94. The Morgan fingerprint density at radius 1 is 1.50 bits per heavy atom. The number of fused-ring (bicyclic) bond motifs is 1. The van der Waals surface area contributed by atoms with Crippen LogP contribution in [0, 0.1) is 10.1 Å². The summed E-state index contributed by atoms with van der Waals surface area (Å²) >= 11 is 0. The van der Waals surface area contributed by atoms with Crippen LogP contribution in [0.5, 0.6) is 0 Å². The molecule has 6 heteroatoms. The van der Waals surface area contributed by atoms with Crippen molar-refractivity contribution in [3.63, 3.8) is 0 Å². The maximum absolute atomic E-state index is 11.0. The Balaban J connectivity index is 2.55. The molecule has 0 bridgehead atoms. The van der Waals surface area contributed by atoms with Crippen molar-refractivity contribution in [2.45, 2.75) is 6.42 Å². The average molecular weight is 193 g/mol. The van der Waals surface area contributed by atoms with E-state index in [4.69, 9.17) is 5.73 Å². The number of nitrogens with one attached hydrogen (secondary N) is 1. The molecule has 0 fully saturated rings. The van der Waals surface area contributed by atoms with Crippen LogP contribution in [0.3, 0.4) is 0 Å². The van der Waals surface area contributed by atoms with Crippen LogP contribution in [-0.2, 0) is 11.2 Å². The second-order valence-electron chi connectivity index (χ2n) is 3.05. The van der Waals surface area contributed by atoms with Crippen molar-refractivity contribution in [1.82, 2.24) is 0 Å². The van der Waals surface area contributed by atoms with Crippen molar-refractivity contribution in [2.24, 2.45) is 0 Å². The average Bonchev–Trinajstić information content (AvgIpc) is 2.42. The Morgan fingerprint density at radius 2 is 2.21 bits per heavy atom. The number of nitrogens with two attached hydrogens (primary N) is 1. The lowest BCUT2D eigenvalue weighted by atomic mass is 10.1. The fourth-order valence-corrected chi connectivity index (χ4v) is 1.44. The molecule has 1 amide bonds. The summed E-state index contributed by atoms with van der Waals surface area (Å²) in [5.74, 6) is -0.167. The largest absolute Gasteiger partial charge is 0.393 e. The van der Waals surface area contributed by atoms with Crippen molar-refractivity contribution in [2.75, 3.05) is 11.1 Å². The van der Waals surface area contributed by atoms with Crippen LogP contribution in [0.25, 0.3) is 0 Å². The normalized spacial score (nSPS) is 13.6. The number of nitro groups is 1. The molecule has 1 aromatic rings. The molecule has 0 saturated carbocycles. The van der Waals surface area contributed by atoms with Gasteiger partial charge in [0, 0.05) is 11.8 Å². The highest BCUT2D eigenvalue weighted by molar-refractivity contribution is 6.00. The molecule has 0 atom stereocenters. The Labute approximate surface area is 78.9 Å². The molecule has 1 heterocycles. The van der Waals surface area contributed by atoms with E-state index in [1.165, 1.54) is 12.1 Å². The monoisotopic (exact) mass is 193 g/mol. The summed E-state index contributed by atoms with van der Waals surface area (Å²) in [4.78, 5) is 20.9. The topological polar surface area (TPSA) is 98.3 Å². The minimum absolute atomic E-state index is 0.0657. The number of nitro benzene ring substituents is 1. The highest BCUT2D eigenvalue weighted by Crippen LogP contribution is 2.32. The maximum atomic E-state index is 11.0. The van der Waals surface area contributed by atoms with Crippen molar-refractivity contribution in [3.8, 4) is 0 Å². The molecular formula is C8H7N3O3. The number of hydrogen-bond donors (Lipinski definition) is 2. The summed E-state index contributed by atoms with van der Waals surface area (Å²) in [7, 11) is 0. The minimum atomic E-state index is -0.557. The highest BCUT2D eigenvalue weighted by Gasteiger charge is 2.23. The number of amides is 1. The second-order valence-corrected chi connectivity index (χ2v) is 3.05. The van der Waals surface area contributed by atoms with Gasteiger partial charge >= 0.3 is 0 Å². The lowest BCUT2D eigenvalue weighted by Crippen LogP contribution is -2.03. The van der Waals surface area contributed by atoms with E-state index in [1.54, 1.807) is 0 Å². The first-order chi connectivity index (χ1) is 6.58. The zero-order valence-electron chi connectivity index (χ0n) is 7.11. The molecule has 0 spiro atoms. The molecular weight excluding hydrogens is 186 g/mol. The summed E-state index contributed by atoms with van der Waals surface area (Å²) in [6, 6.07) is 2.75. The van der Waals surface area contributed by atoms with Gasteiger partial charge in [-0.1, -0.05) is 0 Å². The van der Waals surface area contributed by atoms with Crippen LogP contribution >= 0.6 is 0 Å². The predicted octanol–water partition coefficient (Wildman–Crippen LogP) is 0.672. The van der Waals surface area contributed by atoms with Gasteiger partial charge in [-0.05, 0) is 11.6 Å². The van der Waals surface area contributed by atoms with Crippen LogP contribution in [0.2, 0.25) is 0 Å². The minimum Gasteiger partial charge on any atom is -0.393 e. The van der Waals surface area contributed by atoms with Gasteiger partial charge in [-0.2, -0.15) is 0 Å². The van der Waals surface area contributed by atoms with Gasteiger partial charge in [-0.15, -0.1) is 0 Å². The van der Waals surface area contributed by atoms with Crippen LogP contribution in [-0.4, -0.2) is 10.8 Å². The van der Waals surface area contributed by atoms with Crippen molar-refractivity contribution in [3.05, 3.63) is 27.8 Å². The van der Waals surface area contributed by atoms with Gasteiger partial charge in [-0.25, -0.2) is 0 Å². The summed E-state index contributed by atoms with van der Waals surface area (Å²) in [6.07, 6.45) is 0.177. The molecule has 14 heavy (non-hydrogen) atoms. The lowest BCUT2D eigenvalue weighted by molar-refractivity contribution is -0.383. The Morgan fingerprint density at radius 3 is 2.86 bits per heavy atom. The van der Waals surface area contributed by atoms with Crippen LogP contribution in [0.1, 0.15) is 5.56 Å². The van der Waals surface area contributed by atoms with Gasteiger partial charge in [0.05, 0.1) is 11.3 Å². The number of carbonyl (C=O) groups excluding carboxylic acids is 1. The smallest absolute Gasteiger partial charge is 0.292 e. The third-order valence-electron chi connectivity index (χ3n) is 2.07. The molecule has 2 rings (SSSR count). The summed E-state index contributed by atoms with van der Waals surface area (Å²) < 4.78 is 0. The van der Waals surface area contributed by atoms with Crippen molar-refractivity contribution >= 4 is 23.0 Å². The van der Waals surface area contributed by atoms with E-state index in [0.717, 1.165) is 0 Å². The summed E-state index contributed by atoms with van der Waals surface area (Å²) in [5, 5.41) is 13.1. The number of nitrogen functional groups attached to an aromatic ring is 1. The van der Waals surface area contributed by atoms with E-state index in [9.17, 15) is 14.9 Å². The van der Waals surface area contributed by atoms with E-state index in [-0.39, 0.29) is 23.7 Å². The Kier molecular flexibility index (Phi) is 1.63. The molecule has 3 N–H and O–H groups in total. The molecule has 1 aliphatic rings. The van der Waals surface area contributed by atoms with E-state index in [2.05, 4.69) is 5.32 Å². The Bertz CT molecular complexity index is 442. The van der Waals surface area contributed by atoms with Crippen LogP contribution < -0.4 is 11.1 Å². The molecule has 0 saturated heterocycles. The molecule has 0 aromatic heterocycles. The van der Waals surface area contributed by atoms with E-state index >= 15 is 0 Å². The molecule has 0 radical (unpaired) electrons. The fraction of sp³-hybridized carbons (Fsp3) is 0.125. The maximum Gasteiger partial charge on any atom is 0.292 e. The standard InChI is InChI=1S/C8H7N3O3/c9-5-3-6-4(2-8(12)10-6)1-7(5)11(13)14/h1,3H,2,9H2,(H,10,12). The zero-order valence-corrected chi connectivity index (χ0v) is 7.11. The summed E-state index contributed by atoms with van der Waals surface area (Å²) in [6.45, 7) is 0.